The normalized spacial score (nSPS) is 19.9. The number of aromatic hydroxyl groups is 1. The summed E-state index contributed by atoms with van der Waals surface area (Å²) in [5, 5.41) is 32.7. The van der Waals surface area contributed by atoms with Gasteiger partial charge in [-0.15, -0.1) is 0 Å². The summed E-state index contributed by atoms with van der Waals surface area (Å²) in [6.45, 7) is 6.26. The van der Waals surface area contributed by atoms with Gasteiger partial charge >= 0.3 is 0 Å². The molecule has 0 aliphatic carbocycles. The van der Waals surface area contributed by atoms with Gasteiger partial charge in [0.05, 0.1) is 23.4 Å². The fraction of sp³-hybridized carbons (Fsp3) is 0.381. The van der Waals surface area contributed by atoms with Crippen LogP contribution in [-0.2, 0) is 0 Å². The van der Waals surface area contributed by atoms with Crippen LogP contribution in [0.1, 0.15) is 24.5 Å². The van der Waals surface area contributed by atoms with Crippen molar-refractivity contribution in [3.8, 4) is 23.1 Å². The van der Waals surface area contributed by atoms with Crippen LogP contribution in [0.25, 0.3) is 22.5 Å². The lowest BCUT2D eigenvalue weighted by Crippen LogP contribution is -2.48. The van der Waals surface area contributed by atoms with Crippen molar-refractivity contribution in [3.63, 3.8) is 0 Å². The number of hydrogen-bond donors (Lipinski definition) is 3. The van der Waals surface area contributed by atoms with Crippen molar-refractivity contribution in [2.75, 3.05) is 25.0 Å². The molecule has 0 amide bonds. The molecule has 1 aliphatic rings. The first-order valence-corrected chi connectivity index (χ1v) is 9.65. The third kappa shape index (κ3) is 3.88. The maximum atomic E-state index is 10.3. The van der Waals surface area contributed by atoms with Gasteiger partial charge in [-0.25, -0.2) is 4.98 Å². The van der Waals surface area contributed by atoms with Gasteiger partial charge in [0, 0.05) is 24.7 Å². The predicted molar refractivity (Wildman–Crippen MR) is 109 cm³/mol. The van der Waals surface area contributed by atoms with Crippen molar-refractivity contribution < 1.29 is 14.6 Å². The number of nitrogens with one attached hydrogen (secondary N) is 1. The Labute approximate surface area is 168 Å². The van der Waals surface area contributed by atoms with Crippen molar-refractivity contribution in [2.45, 2.75) is 32.4 Å². The number of anilines is 1. The van der Waals surface area contributed by atoms with Crippen LogP contribution in [0.3, 0.4) is 0 Å². The number of rotatable bonds is 4. The molecule has 0 spiro atoms. The predicted octanol–water partition coefficient (Wildman–Crippen LogP) is 2.64. The SMILES string of the molecule is CCN1C[C@@H](O)C[C@H](Nc2nc3nc(-c4c(C)cc(C#N)cc4O)ccc3o2)C1. The third-order valence-corrected chi connectivity index (χ3v) is 5.23. The summed E-state index contributed by atoms with van der Waals surface area (Å²) >= 11 is 0. The highest BCUT2D eigenvalue weighted by atomic mass is 16.4. The molecule has 8 heteroatoms. The van der Waals surface area contributed by atoms with E-state index in [-0.39, 0.29) is 17.9 Å². The molecule has 1 aromatic carbocycles. The van der Waals surface area contributed by atoms with E-state index in [1.54, 1.807) is 18.2 Å². The first-order chi connectivity index (χ1) is 14.0. The Balaban J connectivity index is 1.61. The number of aromatic nitrogens is 2. The second-order valence-corrected chi connectivity index (χ2v) is 7.42. The largest absolute Gasteiger partial charge is 0.507 e. The van der Waals surface area contributed by atoms with Gasteiger partial charge in [0.1, 0.15) is 5.75 Å². The number of β-amino-alcohol motifs (C(OH)–C–C–N with tert-alkyl or cyclic N) is 1. The number of nitriles is 1. The molecule has 2 aromatic heterocycles. The minimum atomic E-state index is -0.377. The second-order valence-electron chi connectivity index (χ2n) is 7.42. The number of likely N-dealkylation sites (tertiary alicyclic amines) is 1. The summed E-state index contributed by atoms with van der Waals surface area (Å²) in [5.41, 5.74) is 3.24. The van der Waals surface area contributed by atoms with E-state index in [1.165, 1.54) is 6.07 Å². The maximum Gasteiger partial charge on any atom is 0.297 e. The zero-order valence-corrected chi connectivity index (χ0v) is 16.4. The van der Waals surface area contributed by atoms with Crippen LogP contribution >= 0.6 is 0 Å². The van der Waals surface area contributed by atoms with Crippen molar-refractivity contribution in [1.29, 1.82) is 5.26 Å². The van der Waals surface area contributed by atoms with E-state index in [1.807, 2.05) is 13.0 Å². The van der Waals surface area contributed by atoms with Crippen LogP contribution in [-0.4, -0.2) is 56.9 Å². The molecule has 0 bridgehead atoms. The highest BCUT2D eigenvalue weighted by Crippen LogP contribution is 2.33. The Bertz CT molecular complexity index is 1060. The molecule has 1 fully saturated rings. The van der Waals surface area contributed by atoms with Crippen LogP contribution in [0, 0.1) is 18.3 Å². The Morgan fingerprint density at radius 1 is 1.31 bits per heavy atom. The number of phenols is 1. The second kappa shape index (κ2) is 7.70. The summed E-state index contributed by atoms with van der Waals surface area (Å²) < 4.78 is 5.77. The van der Waals surface area contributed by atoms with Gasteiger partial charge in [-0.2, -0.15) is 10.2 Å². The molecule has 1 aliphatic heterocycles. The van der Waals surface area contributed by atoms with Crippen LogP contribution in [0.5, 0.6) is 5.75 Å². The number of likely N-dealkylation sites (N-methyl/N-ethyl adjacent to an activating group) is 1. The number of aliphatic hydroxyl groups excluding tert-OH is 1. The van der Waals surface area contributed by atoms with E-state index in [0.29, 0.717) is 47.0 Å². The van der Waals surface area contributed by atoms with Gasteiger partial charge < -0.3 is 19.9 Å². The van der Waals surface area contributed by atoms with Crippen molar-refractivity contribution in [1.82, 2.24) is 14.9 Å². The molecule has 29 heavy (non-hydrogen) atoms. The van der Waals surface area contributed by atoms with Gasteiger partial charge in [-0.3, -0.25) is 4.90 Å². The Hall–Kier alpha value is -3.15. The fourth-order valence-corrected chi connectivity index (χ4v) is 3.88. The number of fused-ring (bicyclic) bond motifs is 1. The molecular formula is C21H23N5O3. The van der Waals surface area contributed by atoms with E-state index in [9.17, 15) is 10.2 Å². The maximum absolute atomic E-state index is 10.3. The minimum Gasteiger partial charge on any atom is -0.507 e. The van der Waals surface area contributed by atoms with Gasteiger partial charge in [0.25, 0.3) is 6.01 Å². The molecule has 1 saturated heterocycles. The average Bonchev–Trinajstić information content (AvgIpc) is 3.08. The highest BCUT2D eigenvalue weighted by Gasteiger charge is 2.26. The summed E-state index contributed by atoms with van der Waals surface area (Å²) in [4.78, 5) is 11.2. The van der Waals surface area contributed by atoms with Crippen molar-refractivity contribution >= 4 is 17.2 Å². The number of phenolic OH excluding ortho intramolecular Hbond substituents is 1. The molecule has 3 heterocycles. The fourth-order valence-electron chi connectivity index (χ4n) is 3.88. The Morgan fingerprint density at radius 3 is 2.86 bits per heavy atom. The average molecular weight is 393 g/mol. The topological polar surface area (TPSA) is 118 Å². The van der Waals surface area contributed by atoms with E-state index in [2.05, 4.69) is 27.1 Å². The van der Waals surface area contributed by atoms with Gasteiger partial charge in [-0.1, -0.05) is 6.92 Å². The number of nitrogens with zero attached hydrogens (tertiary/aromatic N) is 4. The number of aliphatic hydroxyl groups is 1. The third-order valence-electron chi connectivity index (χ3n) is 5.23. The summed E-state index contributed by atoms with van der Waals surface area (Å²) in [7, 11) is 0. The molecular weight excluding hydrogens is 370 g/mol. The number of aryl methyl sites for hydroxylation is 1. The van der Waals surface area contributed by atoms with Gasteiger partial charge in [-0.05, 0) is 49.7 Å². The number of pyridine rings is 1. The van der Waals surface area contributed by atoms with Crippen molar-refractivity contribution in [2.24, 2.45) is 0 Å². The lowest BCUT2D eigenvalue weighted by Gasteiger charge is -2.34. The van der Waals surface area contributed by atoms with Crippen LogP contribution < -0.4 is 5.32 Å². The monoisotopic (exact) mass is 393 g/mol. The molecule has 4 rings (SSSR count). The molecule has 3 aromatic rings. The van der Waals surface area contributed by atoms with E-state index >= 15 is 0 Å². The Kier molecular flexibility index (Phi) is 5.09. The molecule has 0 unspecified atom stereocenters. The molecule has 150 valence electrons. The molecule has 0 radical (unpaired) electrons. The lowest BCUT2D eigenvalue weighted by atomic mass is 10.0. The van der Waals surface area contributed by atoms with Gasteiger partial charge in [0.15, 0.2) is 5.58 Å². The standard InChI is InChI=1S/C21H23N5O3/c1-3-26-10-14(8-15(27)11-26)23-21-25-20-18(29-21)5-4-16(24-20)19-12(2)6-13(9-22)7-17(19)28/h4-7,14-15,27-28H,3,8,10-11H2,1-2H3,(H,23,24,25)/t14-,15-/m0/s1. The number of oxazole rings is 1. The highest BCUT2D eigenvalue weighted by molar-refractivity contribution is 5.78. The summed E-state index contributed by atoms with van der Waals surface area (Å²) in [6.07, 6.45) is 0.254. The molecule has 8 nitrogen and oxygen atoms in total. The molecule has 0 saturated carbocycles. The number of benzene rings is 1. The number of piperidine rings is 1. The van der Waals surface area contributed by atoms with E-state index in [4.69, 9.17) is 9.68 Å². The van der Waals surface area contributed by atoms with Crippen LogP contribution in [0.2, 0.25) is 0 Å². The van der Waals surface area contributed by atoms with E-state index in [0.717, 1.165) is 18.7 Å². The smallest absolute Gasteiger partial charge is 0.297 e. The van der Waals surface area contributed by atoms with Gasteiger partial charge in [0.2, 0.25) is 5.65 Å². The summed E-state index contributed by atoms with van der Waals surface area (Å²) in [5.74, 6) is 0.00564. The minimum absolute atomic E-state index is 0.00564. The van der Waals surface area contributed by atoms with E-state index < -0.39 is 0 Å². The molecule has 3 N–H and O–H groups in total. The Morgan fingerprint density at radius 2 is 2.14 bits per heavy atom. The summed E-state index contributed by atoms with van der Waals surface area (Å²) in [6, 6.07) is 9.10. The number of hydrogen-bond acceptors (Lipinski definition) is 8. The quantitative estimate of drug-likeness (QED) is 0.619. The zero-order valence-electron chi connectivity index (χ0n) is 16.4. The first kappa shape index (κ1) is 19.2. The van der Waals surface area contributed by atoms with Crippen LogP contribution in [0.4, 0.5) is 6.01 Å². The molecule has 2 atom stereocenters. The van der Waals surface area contributed by atoms with Crippen LogP contribution in [0.15, 0.2) is 28.7 Å². The van der Waals surface area contributed by atoms with Crippen molar-refractivity contribution in [3.05, 3.63) is 35.4 Å². The first-order valence-electron chi connectivity index (χ1n) is 9.65. The lowest BCUT2D eigenvalue weighted by molar-refractivity contribution is 0.0667. The zero-order chi connectivity index (χ0) is 20.5.